The summed E-state index contributed by atoms with van der Waals surface area (Å²) < 4.78 is 1.78. The second-order valence-electron chi connectivity index (χ2n) is 5.11. The molecule has 0 fully saturated rings. The molecule has 4 nitrogen and oxygen atoms in total. The molecule has 5 heteroatoms. The first-order valence-corrected chi connectivity index (χ1v) is 8.42. The van der Waals surface area contributed by atoms with E-state index in [0.29, 0.717) is 5.39 Å². The van der Waals surface area contributed by atoms with Gasteiger partial charge in [0.05, 0.1) is 5.52 Å². The molecular formula is C18H16N2O2S. The fourth-order valence-electron chi connectivity index (χ4n) is 2.45. The van der Waals surface area contributed by atoms with Crippen LogP contribution in [0.3, 0.4) is 0 Å². The number of nitrogens with one attached hydrogen (secondary N) is 1. The molecule has 0 unspecified atom stereocenters. The molecule has 3 rings (SSSR count). The predicted molar refractivity (Wildman–Crippen MR) is 95.1 cm³/mol. The van der Waals surface area contributed by atoms with Gasteiger partial charge in [0.15, 0.2) is 5.43 Å². The fourth-order valence-corrected chi connectivity index (χ4v) is 2.91. The third-order valence-electron chi connectivity index (χ3n) is 3.55. The van der Waals surface area contributed by atoms with Crippen molar-refractivity contribution in [2.75, 3.05) is 11.6 Å². The van der Waals surface area contributed by atoms with Gasteiger partial charge in [-0.25, -0.2) is 0 Å². The molecule has 3 aromatic rings. The van der Waals surface area contributed by atoms with Gasteiger partial charge in [0.1, 0.15) is 6.54 Å². The Hall–Kier alpha value is -2.53. The zero-order chi connectivity index (χ0) is 16.2. The lowest BCUT2D eigenvalue weighted by Gasteiger charge is -2.11. The predicted octanol–water partition coefficient (Wildman–Crippen LogP) is 3.36. The monoisotopic (exact) mass is 324 g/mol. The summed E-state index contributed by atoms with van der Waals surface area (Å²) in [5.74, 6) is -0.128. The molecule has 0 saturated carbocycles. The van der Waals surface area contributed by atoms with Gasteiger partial charge in [-0.1, -0.05) is 18.2 Å². The summed E-state index contributed by atoms with van der Waals surface area (Å²) >= 11 is 1.63. The molecule has 0 radical (unpaired) electrons. The lowest BCUT2D eigenvalue weighted by molar-refractivity contribution is -0.116. The average Bonchev–Trinajstić information content (AvgIpc) is 2.58. The van der Waals surface area contributed by atoms with Crippen LogP contribution < -0.4 is 10.7 Å². The number of hydrogen-bond donors (Lipinski definition) is 1. The molecule has 0 atom stereocenters. The van der Waals surface area contributed by atoms with Crippen molar-refractivity contribution in [3.05, 3.63) is 71.0 Å². The molecule has 23 heavy (non-hydrogen) atoms. The van der Waals surface area contributed by atoms with Gasteiger partial charge in [-0.05, 0) is 36.6 Å². The van der Waals surface area contributed by atoms with Crippen LogP contribution in [-0.2, 0) is 11.3 Å². The van der Waals surface area contributed by atoms with Gasteiger partial charge in [-0.2, -0.15) is 0 Å². The van der Waals surface area contributed by atoms with Crippen molar-refractivity contribution in [1.29, 1.82) is 0 Å². The molecule has 0 bridgehead atoms. The summed E-state index contributed by atoms with van der Waals surface area (Å²) in [6.07, 6.45) is 3.65. The van der Waals surface area contributed by atoms with Gasteiger partial charge in [-0.15, -0.1) is 11.8 Å². The van der Waals surface area contributed by atoms with E-state index in [4.69, 9.17) is 0 Å². The highest BCUT2D eigenvalue weighted by molar-refractivity contribution is 7.98. The van der Waals surface area contributed by atoms with Gasteiger partial charge in [0.25, 0.3) is 0 Å². The van der Waals surface area contributed by atoms with Gasteiger partial charge >= 0.3 is 0 Å². The maximum absolute atomic E-state index is 12.3. The molecule has 0 aliphatic rings. The van der Waals surface area contributed by atoms with E-state index in [0.717, 1.165) is 16.1 Å². The number of fused-ring (bicyclic) bond motifs is 1. The minimum atomic E-state index is -0.128. The van der Waals surface area contributed by atoms with Crippen molar-refractivity contribution >= 4 is 34.3 Å². The Labute approximate surface area is 138 Å². The van der Waals surface area contributed by atoms with E-state index in [2.05, 4.69) is 5.32 Å². The summed E-state index contributed by atoms with van der Waals surface area (Å²) in [6.45, 7) is 0.157. The van der Waals surface area contributed by atoms with Crippen molar-refractivity contribution in [1.82, 2.24) is 4.57 Å². The van der Waals surface area contributed by atoms with Crippen LogP contribution in [0, 0.1) is 0 Å². The van der Waals surface area contributed by atoms with Crippen LogP contribution in [0.25, 0.3) is 10.9 Å². The van der Waals surface area contributed by atoms with E-state index in [-0.39, 0.29) is 17.9 Å². The summed E-state index contributed by atoms with van der Waals surface area (Å²) in [5, 5.41) is 3.51. The van der Waals surface area contributed by atoms with Crippen LogP contribution >= 0.6 is 11.8 Å². The largest absolute Gasteiger partial charge is 0.338 e. The molecule has 0 aliphatic carbocycles. The molecule has 1 N–H and O–H groups in total. The normalized spacial score (nSPS) is 10.7. The lowest BCUT2D eigenvalue weighted by atomic mass is 10.2. The van der Waals surface area contributed by atoms with E-state index in [1.807, 2.05) is 48.7 Å². The Morgan fingerprint density at radius 2 is 1.96 bits per heavy atom. The van der Waals surface area contributed by atoms with E-state index in [1.54, 1.807) is 28.6 Å². The van der Waals surface area contributed by atoms with Gasteiger partial charge in [0.2, 0.25) is 5.91 Å². The summed E-state index contributed by atoms with van der Waals surface area (Å²) in [4.78, 5) is 25.2. The third kappa shape index (κ3) is 3.46. The van der Waals surface area contributed by atoms with Crippen molar-refractivity contribution in [2.24, 2.45) is 0 Å². The number of carbonyl (C=O) groups excluding carboxylic acids is 1. The van der Waals surface area contributed by atoms with Crippen LogP contribution in [-0.4, -0.2) is 16.7 Å². The van der Waals surface area contributed by atoms with Crippen molar-refractivity contribution in [3.8, 4) is 0 Å². The Bertz CT molecular complexity index is 918. The van der Waals surface area contributed by atoms with E-state index < -0.39 is 0 Å². The highest BCUT2D eigenvalue weighted by Crippen LogP contribution is 2.19. The number of benzene rings is 2. The van der Waals surface area contributed by atoms with Crippen molar-refractivity contribution < 1.29 is 4.79 Å². The summed E-state index contributed by atoms with van der Waals surface area (Å²) in [5.41, 5.74) is 1.49. The highest BCUT2D eigenvalue weighted by atomic mass is 32.2. The zero-order valence-corrected chi connectivity index (χ0v) is 13.5. The second-order valence-corrected chi connectivity index (χ2v) is 5.98. The van der Waals surface area contributed by atoms with E-state index in [9.17, 15) is 9.59 Å². The van der Waals surface area contributed by atoms with Crippen molar-refractivity contribution in [2.45, 2.75) is 11.4 Å². The number of para-hydroxylation sites is 1. The standard InChI is InChI=1S/C18H16N2O2S/c1-23-14-6-4-5-13(11-14)19-18(22)12-20-10-9-17(21)15-7-2-3-8-16(15)20/h2-11H,12H2,1H3,(H,19,22). The molecule has 1 amide bonds. The topological polar surface area (TPSA) is 51.1 Å². The van der Waals surface area contributed by atoms with Crippen LogP contribution in [0.15, 0.2) is 70.5 Å². The first kappa shape index (κ1) is 15.4. The smallest absolute Gasteiger partial charge is 0.244 e. The van der Waals surface area contributed by atoms with E-state index in [1.165, 1.54) is 6.07 Å². The number of carbonyl (C=O) groups is 1. The highest BCUT2D eigenvalue weighted by Gasteiger charge is 2.07. The van der Waals surface area contributed by atoms with E-state index >= 15 is 0 Å². The molecule has 0 aliphatic heterocycles. The van der Waals surface area contributed by atoms with Crippen LogP contribution in [0.5, 0.6) is 0 Å². The summed E-state index contributed by atoms with van der Waals surface area (Å²) in [7, 11) is 0. The van der Waals surface area contributed by atoms with Crippen LogP contribution in [0.1, 0.15) is 0 Å². The Morgan fingerprint density at radius 1 is 1.13 bits per heavy atom. The van der Waals surface area contributed by atoms with Gasteiger partial charge in [0, 0.05) is 28.2 Å². The number of anilines is 1. The van der Waals surface area contributed by atoms with Gasteiger partial charge in [-0.3, -0.25) is 9.59 Å². The number of thioether (sulfide) groups is 1. The average molecular weight is 324 g/mol. The second kappa shape index (κ2) is 6.71. The number of rotatable bonds is 4. The molecule has 0 saturated heterocycles. The molecule has 2 aromatic carbocycles. The first-order chi connectivity index (χ1) is 11.2. The van der Waals surface area contributed by atoms with Gasteiger partial charge < -0.3 is 9.88 Å². The number of amides is 1. The molecular weight excluding hydrogens is 308 g/mol. The lowest BCUT2D eigenvalue weighted by Crippen LogP contribution is -2.20. The SMILES string of the molecule is CSc1cccc(NC(=O)Cn2ccc(=O)c3ccccc32)c1. The Morgan fingerprint density at radius 3 is 2.78 bits per heavy atom. The minimum absolute atomic E-state index is 0.0371. The maximum Gasteiger partial charge on any atom is 0.244 e. The number of pyridine rings is 1. The fraction of sp³-hybridized carbons (Fsp3) is 0.111. The summed E-state index contributed by atoms with van der Waals surface area (Å²) in [6, 6.07) is 16.5. The number of aromatic nitrogens is 1. The first-order valence-electron chi connectivity index (χ1n) is 7.19. The third-order valence-corrected chi connectivity index (χ3v) is 4.28. The van der Waals surface area contributed by atoms with Crippen LogP contribution in [0.2, 0.25) is 0 Å². The zero-order valence-electron chi connectivity index (χ0n) is 12.7. The van der Waals surface area contributed by atoms with Crippen molar-refractivity contribution in [3.63, 3.8) is 0 Å². The Balaban J connectivity index is 1.83. The minimum Gasteiger partial charge on any atom is -0.338 e. The maximum atomic E-state index is 12.3. The molecule has 0 spiro atoms. The number of hydrogen-bond acceptors (Lipinski definition) is 3. The Kier molecular flexibility index (Phi) is 4.48. The molecule has 1 heterocycles. The van der Waals surface area contributed by atoms with Crippen LogP contribution in [0.4, 0.5) is 5.69 Å². The number of nitrogens with zero attached hydrogens (tertiary/aromatic N) is 1. The quantitative estimate of drug-likeness (QED) is 0.749. The molecule has 116 valence electrons. The molecule has 1 aromatic heterocycles.